The van der Waals surface area contributed by atoms with Gasteiger partial charge in [0.25, 0.3) is 0 Å². The molecule has 14 heavy (non-hydrogen) atoms. The number of ketones is 1. The van der Waals surface area contributed by atoms with Crippen LogP contribution >= 0.6 is 0 Å². The molecule has 0 atom stereocenters. The lowest BCUT2D eigenvalue weighted by Gasteiger charge is -2.04. The van der Waals surface area contributed by atoms with Crippen LogP contribution in [-0.2, 0) is 11.8 Å². The fraction of sp³-hybridized carbons (Fsp3) is 0.400. The van der Waals surface area contributed by atoms with Gasteiger partial charge in [-0.3, -0.25) is 4.79 Å². The van der Waals surface area contributed by atoms with E-state index in [1.165, 1.54) is 6.92 Å². The molecule has 1 aromatic heterocycles. The maximum atomic E-state index is 11.5. The monoisotopic (exact) mass is 195 g/mol. The standard InChI is InChI=1S/C10H13NO3/c1-4-14-10(13)9-8(7(2)12)5-6-11(9)3/h5-6H,4H2,1-3H3. The number of Topliss-reactive ketones (excluding diaryl/α,β-unsaturated/α-hetero) is 1. The summed E-state index contributed by atoms with van der Waals surface area (Å²) in [5, 5.41) is 0. The third-order valence-electron chi connectivity index (χ3n) is 1.92. The second-order valence-electron chi connectivity index (χ2n) is 2.97. The van der Waals surface area contributed by atoms with E-state index in [-0.39, 0.29) is 5.78 Å². The molecule has 1 aromatic rings. The fourth-order valence-corrected chi connectivity index (χ4v) is 1.27. The zero-order valence-electron chi connectivity index (χ0n) is 8.53. The molecule has 0 saturated heterocycles. The predicted octanol–water partition coefficient (Wildman–Crippen LogP) is 1.40. The topological polar surface area (TPSA) is 48.3 Å². The van der Waals surface area contributed by atoms with Gasteiger partial charge < -0.3 is 9.30 Å². The zero-order chi connectivity index (χ0) is 10.7. The molecule has 0 aromatic carbocycles. The minimum atomic E-state index is -0.454. The molecule has 0 spiro atoms. The molecule has 1 rings (SSSR count). The Bertz CT molecular complexity index is 365. The first-order valence-corrected chi connectivity index (χ1v) is 4.41. The highest BCUT2D eigenvalue weighted by Crippen LogP contribution is 2.12. The van der Waals surface area contributed by atoms with E-state index in [1.807, 2.05) is 0 Å². The fourth-order valence-electron chi connectivity index (χ4n) is 1.27. The summed E-state index contributed by atoms with van der Waals surface area (Å²) in [6.45, 7) is 3.47. The van der Waals surface area contributed by atoms with Crippen LogP contribution in [0.25, 0.3) is 0 Å². The van der Waals surface area contributed by atoms with Gasteiger partial charge in [0.2, 0.25) is 0 Å². The van der Waals surface area contributed by atoms with Crippen molar-refractivity contribution in [2.45, 2.75) is 13.8 Å². The van der Waals surface area contributed by atoms with Crippen molar-refractivity contribution in [2.24, 2.45) is 7.05 Å². The molecule has 4 heteroatoms. The highest BCUT2D eigenvalue weighted by Gasteiger charge is 2.18. The minimum Gasteiger partial charge on any atom is -0.461 e. The van der Waals surface area contributed by atoms with Gasteiger partial charge in [-0.2, -0.15) is 0 Å². The largest absolute Gasteiger partial charge is 0.461 e. The van der Waals surface area contributed by atoms with Crippen LogP contribution in [0.3, 0.4) is 0 Å². The van der Waals surface area contributed by atoms with Gasteiger partial charge in [0, 0.05) is 18.8 Å². The number of aromatic nitrogens is 1. The second-order valence-corrected chi connectivity index (χ2v) is 2.97. The summed E-state index contributed by atoms with van der Waals surface area (Å²) in [5.41, 5.74) is 0.727. The molecule has 4 nitrogen and oxygen atoms in total. The molecule has 0 aliphatic rings. The predicted molar refractivity (Wildman–Crippen MR) is 51.4 cm³/mol. The van der Waals surface area contributed by atoms with Crippen LogP contribution in [-0.4, -0.2) is 22.9 Å². The molecule has 0 unspecified atom stereocenters. The van der Waals surface area contributed by atoms with Crippen molar-refractivity contribution in [3.8, 4) is 0 Å². The van der Waals surface area contributed by atoms with Crippen LogP contribution in [0.15, 0.2) is 12.3 Å². The lowest BCUT2D eigenvalue weighted by atomic mass is 10.2. The molecule has 0 N–H and O–H groups in total. The van der Waals surface area contributed by atoms with E-state index in [0.29, 0.717) is 17.9 Å². The molecule has 1 heterocycles. The summed E-state index contributed by atoms with van der Waals surface area (Å²) in [4.78, 5) is 22.6. The summed E-state index contributed by atoms with van der Waals surface area (Å²) in [6, 6.07) is 1.62. The Morgan fingerprint density at radius 2 is 2.14 bits per heavy atom. The number of carbonyl (C=O) groups excluding carboxylic acids is 2. The Labute approximate surface area is 82.5 Å². The zero-order valence-corrected chi connectivity index (χ0v) is 8.53. The van der Waals surface area contributed by atoms with Crippen molar-refractivity contribution in [3.05, 3.63) is 23.5 Å². The molecular formula is C10H13NO3. The minimum absolute atomic E-state index is 0.131. The first-order valence-electron chi connectivity index (χ1n) is 4.41. The molecule has 0 amide bonds. The Morgan fingerprint density at radius 3 is 2.64 bits per heavy atom. The van der Waals surface area contributed by atoms with Crippen molar-refractivity contribution in [1.82, 2.24) is 4.57 Å². The van der Waals surface area contributed by atoms with E-state index in [0.717, 1.165) is 0 Å². The van der Waals surface area contributed by atoms with Crippen molar-refractivity contribution in [2.75, 3.05) is 6.61 Å². The van der Waals surface area contributed by atoms with Gasteiger partial charge in [-0.1, -0.05) is 0 Å². The highest BCUT2D eigenvalue weighted by molar-refractivity contribution is 6.04. The number of rotatable bonds is 3. The van der Waals surface area contributed by atoms with E-state index in [9.17, 15) is 9.59 Å². The second kappa shape index (κ2) is 4.09. The maximum Gasteiger partial charge on any atom is 0.355 e. The van der Waals surface area contributed by atoms with Gasteiger partial charge in [-0.15, -0.1) is 0 Å². The van der Waals surface area contributed by atoms with Crippen LogP contribution in [0, 0.1) is 0 Å². The summed E-state index contributed by atoms with van der Waals surface area (Å²) >= 11 is 0. The van der Waals surface area contributed by atoms with Gasteiger partial charge in [-0.25, -0.2) is 4.79 Å². The van der Waals surface area contributed by atoms with Crippen LogP contribution in [0.4, 0.5) is 0 Å². The first-order chi connectivity index (χ1) is 6.57. The van der Waals surface area contributed by atoms with Gasteiger partial charge in [0.15, 0.2) is 5.78 Å². The van der Waals surface area contributed by atoms with Crippen LogP contribution in [0.2, 0.25) is 0 Å². The van der Waals surface area contributed by atoms with Gasteiger partial charge >= 0.3 is 5.97 Å². The number of esters is 1. The molecule has 0 radical (unpaired) electrons. The Balaban J connectivity index is 3.11. The van der Waals surface area contributed by atoms with Crippen molar-refractivity contribution in [3.63, 3.8) is 0 Å². The number of ether oxygens (including phenoxy) is 1. The number of hydrogen-bond donors (Lipinski definition) is 0. The van der Waals surface area contributed by atoms with E-state index >= 15 is 0 Å². The molecule has 0 aliphatic carbocycles. The smallest absolute Gasteiger partial charge is 0.355 e. The third kappa shape index (κ3) is 1.84. The van der Waals surface area contributed by atoms with E-state index in [1.54, 1.807) is 30.8 Å². The average Bonchev–Trinajstić information content (AvgIpc) is 2.47. The van der Waals surface area contributed by atoms with Gasteiger partial charge in [0.1, 0.15) is 5.69 Å². The van der Waals surface area contributed by atoms with E-state index in [4.69, 9.17) is 4.74 Å². The molecule has 0 saturated carbocycles. The summed E-state index contributed by atoms with van der Waals surface area (Å²) in [6.07, 6.45) is 1.67. The summed E-state index contributed by atoms with van der Waals surface area (Å²) in [7, 11) is 1.71. The lowest BCUT2D eigenvalue weighted by molar-refractivity contribution is 0.0512. The Morgan fingerprint density at radius 1 is 1.50 bits per heavy atom. The number of aryl methyl sites for hydroxylation is 1. The molecule has 0 bridgehead atoms. The van der Waals surface area contributed by atoms with Crippen molar-refractivity contribution < 1.29 is 14.3 Å². The lowest BCUT2D eigenvalue weighted by Crippen LogP contribution is -2.13. The van der Waals surface area contributed by atoms with Crippen molar-refractivity contribution in [1.29, 1.82) is 0 Å². The number of nitrogens with zero attached hydrogens (tertiary/aromatic N) is 1. The van der Waals surface area contributed by atoms with E-state index in [2.05, 4.69) is 0 Å². The molecule has 0 fully saturated rings. The SMILES string of the molecule is CCOC(=O)c1c(C(C)=O)ccn1C. The molecule has 76 valence electrons. The maximum absolute atomic E-state index is 11.5. The van der Waals surface area contributed by atoms with Gasteiger partial charge in [0.05, 0.1) is 6.61 Å². The summed E-state index contributed by atoms with van der Waals surface area (Å²) < 4.78 is 6.44. The number of carbonyl (C=O) groups is 2. The third-order valence-corrected chi connectivity index (χ3v) is 1.92. The van der Waals surface area contributed by atoms with Crippen LogP contribution in [0.5, 0.6) is 0 Å². The Kier molecular flexibility index (Phi) is 3.06. The van der Waals surface area contributed by atoms with Crippen LogP contribution < -0.4 is 0 Å². The summed E-state index contributed by atoms with van der Waals surface area (Å²) in [5.74, 6) is -0.584. The molecular weight excluding hydrogens is 182 g/mol. The average molecular weight is 195 g/mol. The Hall–Kier alpha value is -1.58. The molecule has 0 aliphatic heterocycles. The van der Waals surface area contributed by atoms with E-state index < -0.39 is 5.97 Å². The van der Waals surface area contributed by atoms with Gasteiger partial charge in [-0.05, 0) is 19.9 Å². The quantitative estimate of drug-likeness (QED) is 0.541. The van der Waals surface area contributed by atoms with Crippen LogP contribution in [0.1, 0.15) is 34.7 Å². The highest BCUT2D eigenvalue weighted by atomic mass is 16.5. The number of hydrogen-bond acceptors (Lipinski definition) is 3. The first kappa shape index (κ1) is 10.5. The van der Waals surface area contributed by atoms with Crippen molar-refractivity contribution >= 4 is 11.8 Å². The normalized spacial score (nSPS) is 9.93.